The molecule has 2 heterocycles. The van der Waals surface area contributed by atoms with Crippen molar-refractivity contribution in [1.82, 2.24) is 15.2 Å². The van der Waals surface area contributed by atoms with Gasteiger partial charge in [-0.05, 0) is 25.5 Å². The van der Waals surface area contributed by atoms with Crippen LogP contribution in [0.3, 0.4) is 0 Å². The van der Waals surface area contributed by atoms with Gasteiger partial charge in [0, 0.05) is 51.1 Å². The summed E-state index contributed by atoms with van der Waals surface area (Å²) in [4.78, 5) is 11.3. The second-order valence-corrected chi connectivity index (χ2v) is 9.16. The van der Waals surface area contributed by atoms with E-state index in [9.17, 15) is 0 Å². The number of aliphatic imine (C=N–C) groups is 1. The fourth-order valence-corrected chi connectivity index (χ4v) is 5.13. The summed E-state index contributed by atoms with van der Waals surface area (Å²) in [6.07, 6.45) is 2.21. The molecule has 1 aliphatic heterocycles. The Morgan fingerprint density at radius 3 is 2.88 bits per heavy atom. The predicted octanol–water partition coefficient (Wildman–Crippen LogP) is 3.16. The second kappa shape index (κ2) is 10.5. The molecule has 1 aliphatic rings. The van der Waals surface area contributed by atoms with Crippen molar-refractivity contribution in [2.75, 3.05) is 46.7 Å². The van der Waals surface area contributed by atoms with E-state index in [2.05, 4.69) is 39.5 Å². The van der Waals surface area contributed by atoms with E-state index in [0.717, 1.165) is 61.6 Å². The van der Waals surface area contributed by atoms with Crippen LogP contribution in [0.5, 0.6) is 0 Å². The zero-order valence-electron chi connectivity index (χ0n) is 16.6. The first kappa shape index (κ1) is 21.5. The molecular formula is C18H32N4O2S2. The van der Waals surface area contributed by atoms with Crippen molar-refractivity contribution in [3.8, 4) is 0 Å². The molecule has 1 aromatic rings. The number of nitrogens with zero attached hydrogens (tertiary/aromatic N) is 3. The maximum absolute atomic E-state index is 5.56. The smallest absolute Gasteiger partial charge is 0.193 e. The van der Waals surface area contributed by atoms with Crippen molar-refractivity contribution in [1.29, 1.82) is 0 Å². The zero-order valence-corrected chi connectivity index (χ0v) is 18.2. The van der Waals surface area contributed by atoms with Gasteiger partial charge in [-0.3, -0.25) is 4.99 Å². The van der Waals surface area contributed by atoms with Gasteiger partial charge in [-0.2, -0.15) is 11.8 Å². The van der Waals surface area contributed by atoms with Gasteiger partial charge in [-0.25, -0.2) is 4.98 Å². The number of thioether (sulfide) groups is 1. The molecule has 1 fully saturated rings. The number of guanidine groups is 1. The Labute approximate surface area is 165 Å². The third kappa shape index (κ3) is 5.84. The first-order valence-corrected chi connectivity index (χ1v) is 11.0. The van der Waals surface area contributed by atoms with Crippen molar-refractivity contribution < 1.29 is 9.47 Å². The van der Waals surface area contributed by atoms with Gasteiger partial charge in [0.15, 0.2) is 5.96 Å². The molecule has 1 atom stereocenters. The average Bonchev–Trinajstić information content (AvgIpc) is 3.11. The Morgan fingerprint density at radius 2 is 2.27 bits per heavy atom. The third-order valence-corrected chi connectivity index (χ3v) is 7.17. The van der Waals surface area contributed by atoms with Crippen molar-refractivity contribution in [3.63, 3.8) is 0 Å². The van der Waals surface area contributed by atoms with Crippen LogP contribution < -0.4 is 5.32 Å². The van der Waals surface area contributed by atoms with Crippen LogP contribution >= 0.6 is 23.1 Å². The van der Waals surface area contributed by atoms with Gasteiger partial charge in [-0.1, -0.05) is 6.92 Å². The minimum atomic E-state index is 0.0379. The molecule has 8 heteroatoms. The lowest BCUT2D eigenvalue weighted by Gasteiger charge is -2.37. The average molecular weight is 401 g/mol. The minimum absolute atomic E-state index is 0.0379. The lowest BCUT2D eigenvalue weighted by atomic mass is 9.99. The number of ether oxygens (including phenoxy) is 2. The Balaban J connectivity index is 1.93. The van der Waals surface area contributed by atoms with E-state index in [1.807, 2.05) is 25.7 Å². The topological polar surface area (TPSA) is 59.0 Å². The summed E-state index contributed by atoms with van der Waals surface area (Å²) >= 11 is 3.68. The highest BCUT2D eigenvalue weighted by Crippen LogP contribution is 2.34. The van der Waals surface area contributed by atoms with Crippen LogP contribution in [-0.2, 0) is 16.0 Å². The third-order valence-electron chi connectivity index (χ3n) is 4.67. The molecule has 148 valence electrons. The van der Waals surface area contributed by atoms with E-state index in [0.29, 0.717) is 0 Å². The minimum Gasteiger partial charge on any atom is -0.381 e. The number of nitrogens with one attached hydrogen (secondary N) is 1. The summed E-state index contributed by atoms with van der Waals surface area (Å²) < 4.78 is 11.2. The highest BCUT2D eigenvalue weighted by atomic mass is 32.2. The molecule has 1 unspecified atom stereocenters. The molecule has 0 bridgehead atoms. The Hall–Kier alpha value is -0.830. The lowest BCUT2D eigenvalue weighted by Crippen LogP contribution is -2.48. The van der Waals surface area contributed by atoms with Gasteiger partial charge in [0.1, 0.15) is 11.1 Å². The highest BCUT2D eigenvalue weighted by molar-refractivity contribution is 8.00. The van der Waals surface area contributed by atoms with Crippen LogP contribution in [0, 0.1) is 0 Å². The van der Waals surface area contributed by atoms with Gasteiger partial charge in [0.2, 0.25) is 0 Å². The maximum Gasteiger partial charge on any atom is 0.193 e. The molecule has 1 saturated heterocycles. The van der Waals surface area contributed by atoms with Crippen LogP contribution in [0.1, 0.15) is 43.5 Å². The summed E-state index contributed by atoms with van der Waals surface area (Å²) in [6.45, 7) is 7.58. The first-order valence-electron chi connectivity index (χ1n) is 9.14. The Kier molecular flexibility index (Phi) is 8.66. The standard InChI is InChI=1S/C18H32N4O2S2/c1-6-26-18(7-9-24-10-8-18)13-20-17(19-3)22(4)11-15-12-25-16(21-15)14(2)23-5/h12,14H,6-11,13H2,1-5H3,(H,19,20). The van der Waals surface area contributed by atoms with Crippen LogP contribution in [0.4, 0.5) is 0 Å². The van der Waals surface area contributed by atoms with Crippen molar-refractivity contribution in [2.45, 2.75) is 44.1 Å². The molecule has 6 nitrogen and oxygen atoms in total. The van der Waals surface area contributed by atoms with E-state index in [-0.39, 0.29) is 10.9 Å². The second-order valence-electron chi connectivity index (χ2n) is 6.54. The molecule has 0 aromatic carbocycles. The molecule has 2 rings (SSSR count). The summed E-state index contributed by atoms with van der Waals surface area (Å²) in [5.41, 5.74) is 1.04. The molecule has 0 saturated carbocycles. The van der Waals surface area contributed by atoms with Crippen molar-refractivity contribution in [2.24, 2.45) is 4.99 Å². The molecule has 0 amide bonds. The fraction of sp³-hybridized carbons (Fsp3) is 0.778. The van der Waals surface area contributed by atoms with E-state index in [1.54, 1.807) is 18.4 Å². The first-order chi connectivity index (χ1) is 12.5. The van der Waals surface area contributed by atoms with Gasteiger partial charge in [-0.15, -0.1) is 11.3 Å². The van der Waals surface area contributed by atoms with Crippen molar-refractivity contribution in [3.05, 3.63) is 16.1 Å². The number of hydrogen-bond donors (Lipinski definition) is 1. The monoisotopic (exact) mass is 400 g/mol. The Morgan fingerprint density at radius 1 is 1.54 bits per heavy atom. The summed E-state index contributed by atoms with van der Waals surface area (Å²) in [5, 5.41) is 6.69. The van der Waals surface area contributed by atoms with Gasteiger partial charge in [0.25, 0.3) is 0 Å². The van der Waals surface area contributed by atoms with E-state index < -0.39 is 0 Å². The van der Waals surface area contributed by atoms with Crippen LogP contribution in [0.25, 0.3) is 0 Å². The quantitative estimate of drug-likeness (QED) is 0.534. The molecule has 1 N–H and O–H groups in total. The molecule has 0 spiro atoms. The maximum atomic E-state index is 5.56. The van der Waals surface area contributed by atoms with E-state index in [1.165, 1.54) is 0 Å². The lowest BCUT2D eigenvalue weighted by molar-refractivity contribution is 0.0780. The van der Waals surface area contributed by atoms with Gasteiger partial charge < -0.3 is 19.7 Å². The number of rotatable bonds is 8. The predicted molar refractivity (Wildman–Crippen MR) is 111 cm³/mol. The number of aromatic nitrogens is 1. The van der Waals surface area contributed by atoms with Gasteiger partial charge >= 0.3 is 0 Å². The van der Waals surface area contributed by atoms with Crippen molar-refractivity contribution >= 4 is 29.1 Å². The van der Waals surface area contributed by atoms with Crippen LogP contribution in [-0.4, -0.2) is 67.3 Å². The number of methoxy groups -OCH3 is 1. The van der Waals surface area contributed by atoms with E-state index in [4.69, 9.17) is 9.47 Å². The SMILES string of the molecule is CCSC1(CNC(=NC)N(C)Cc2csc(C(C)OC)n2)CCOCC1. The molecule has 1 aromatic heterocycles. The molecule has 0 radical (unpaired) electrons. The summed E-state index contributed by atoms with van der Waals surface area (Å²) in [7, 11) is 5.60. The molecule has 26 heavy (non-hydrogen) atoms. The highest BCUT2D eigenvalue weighted by Gasteiger charge is 2.33. The number of thiazole rings is 1. The van der Waals surface area contributed by atoms with E-state index >= 15 is 0 Å². The largest absolute Gasteiger partial charge is 0.381 e. The van der Waals surface area contributed by atoms with Crippen LogP contribution in [0.15, 0.2) is 10.4 Å². The zero-order chi connectivity index (χ0) is 19.0. The summed E-state index contributed by atoms with van der Waals surface area (Å²) in [5.74, 6) is 2.02. The fourth-order valence-electron chi connectivity index (χ4n) is 3.05. The molecular weight excluding hydrogens is 368 g/mol. The normalized spacial score (nSPS) is 18.6. The summed E-state index contributed by atoms with van der Waals surface area (Å²) in [6, 6.07) is 0. The molecule has 0 aliphatic carbocycles. The van der Waals surface area contributed by atoms with Crippen LogP contribution in [0.2, 0.25) is 0 Å². The number of hydrogen-bond acceptors (Lipinski definition) is 6. The Bertz CT molecular complexity index is 568. The van der Waals surface area contributed by atoms with Gasteiger partial charge in [0.05, 0.1) is 12.2 Å².